The van der Waals surface area contributed by atoms with Crippen molar-refractivity contribution < 1.29 is 19.4 Å². The molecule has 0 aliphatic rings. The first-order valence-electron chi connectivity index (χ1n) is 6.76. The minimum absolute atomic E-state index is 0.164. The second-order valence-electron chi connectivity index (χ2n) is 4.68. The van der Waals surface area contributed by atoms with Gasteiger partial charge < -0.3 is 14.7 Å². The number of hydrogen-bond donors (Lipinski definition) is 1. The number of hydrogen-bond acceptors (Lipinski definition) is 3. The van der Waals surface area contributed by atoms with Crippen molar-refractivity contribution in [3.63, 3.8) is 0 Å². The Hall–Kier alpha value is -1.59. The quantitative estimate of drug-likeness (QED) is 0.759. The standard InChI is InChI=1S/C15H20ClNO4/c1-21-10-9-17(11-15(19)20)14(18)4-2-3-12-5-7-13(16)8-6-12/h5-8H,2-4,9-11H2,1H3,(H,19,20). The average Bonchev–Trinajstić information content (AvgIpc) is 2.45. The molecule has 0 atom stereocenters. The molecular weight excluding hydrogens is 294 g/mol. The van der Waals surface area contributed by atoms with Crippen LogP contribution in [0.2, 0.25) is 5.02 Å². The Balaban J connectivity index is 2.41. The number of aryl methyl sites for hydroxylation is 1. The van der Waals surface area contributed by atoms with Crippen molar-refractivity contribution in [3.05, 3.63) is 34.9 Å². The van der Waals surface area contributed by atoms with Gasteiger partial charge in [-0.15, -0.1) is 0 Å². The number of halogens is 1. The van der Waals surface area contributed by atoms with Crippen molar-refractivity contribution in [1.29, 1.82) is 0 Å². The van der Waals surface area contributed by atoms with Crippen molar-refractivity contribution in [2.24, 2.45) is 0 Å². The van der Waals surface area contributed by atoms with E-state index < -0.39 is 5.97 Å². The number of methoxy groups -OCH3 is 1. The first-order valence-corrected chi connectivity index (χ1v) is 7.13. The molecule has 0 spiro atoms. The second kappa shape index (κ2) is 9.37. The van der Waals surface area contributed by atoms with Gasteiger partial charge in [-0.25, -0.2) is 0 Å². The number of amides is 1. The molecule has 1 aromatic carbocycles. The summed E-state index contributed by atoms with van der Waals surface area (Å²) < 4.78 is 4.89. The number of nitrogens with zero attached hydrogens (tertiary/aromatic N) is 1. The molecule has 0 aliphatic heterocycles. The monoisotopic (exact) mass is 313 g/mol. The summed E-state index contributed by atoms with van der Waals surface area (Å²) in [6.07, 6.45) is 1.75. The van der Waals surface area contributed by atoms with E-state index >= 15 is 0 Å². The molecular formula is C15H20ClNO4. The summed E-state index contributed by atoms with van der Waals surface area (Å²) in [7, 11) is 1.52. The zero-order valence-electron chi connectivity index (χ0n) is 12.0. The topological polar surface area (TPSA) is 66.8 Å². The first kappa shape index (κ1) is 17.5. The van der Waals surface area contributed by atoms with Crippen LogP contribution in [0.4, 0.5) is 0 Å². The number of ether oxygens (including phenoxy) is 1. The highest BCUT2D eigenvalue weighted by atomic mass is 35.5. The number of aliphatic carboxylic acids is 1. The fourth-order valence-corrected chi connectivity index (χ4v) is 2.04. The Morgan fingerprint density at radius 2 is 1.95 bits per heavy atom. The number of benzene rings is 1. The van der Waals surface area contributed by atoms with Crippen LogP contribution in [-0.2, 0) is 20.7 Å². The van der Waals surface area contributed by atoms with Gasteiger partial charge >= 0.3 is 5.97 Å². The van der Waals surface area contributed by atoms with Gasteiger partial charge in [0.05, 0.1) is 6.61 Å². The van der Waals surface area contributed by atoms with Crippen molar-refractivity contribution >= 4 is 23.5 Å². The molecule has 5 nitrogen and oxygen atoms in total. The molecule has 1 amide bonds. The van der Waals surface area contributed by atoms with Gasteiger partial charge in [0.15, 0.2) is 0 Å². The Morgan fingerprint density at radius 1 is 1.29 bits per heavy atom. The predicted octanol–water partition coefficient (Wildman–Crippen LogP) is 2.22. The molecule has 0 saturated carbocycles. The van der Waals surface area contributed by atoms with Crippen LogP contribution in [0, 0.1) is 0 Å². The summed E-state index contributed by atoms with van der Waals surface area (Å²) >= 11 is 5.81. The lowest BCUT2D eigenvalue weighted by molar-refractivity contribution is -0.144. The van der Waals surface area contributed by atoms with Crippen LogP contribution in [0.1, 0.15) is 18.4 Å². The minimum Gasteiger partial charge on any atom is -0.480 e. The van der Waals surface area contributed by atoms with Gasteiger partial charge in [0, 0.05) is 25.1 Å². The molecule has 0 unspecified atom stereocenters. The van der Waals surface area contributed by atoms with E-state index in [0.717, 1.165) is 12.0 Å². The Labute approximate surface area is 129 Å². The number of carbonyl (C=O) groups is 2. The van der Waals surface area contributed by atoms with Gasteiger partial charge in [0.2, 0.25) is 5.91 Å². The molecule has 116 valence electrons. The van der Waals surface area contributed by atoms with Gasteiger partial charge in [0.25, 0.3) is 0 Å². The zero-order chi connectivity index (χ0) is 15.7. The van der Waals surface area contributed by atoms with Crippen LogP contribution in [0.3, 0.4) is 0 Å². The van der Waals surface area contributed by atoms with Crippen LogP contribution in [0.25, 0.3) is 0 Å². The van der Waals surface area contributed by atoms with Gasteiger partial charge in [-0.2, -0.15) is 0 Å². The lowest BCUT2D eigenvalue weighted by atomic mass is 10.1. The molecule has 21 heavy (non-hydrogen) atoms. The van der Waals surface area contributed by atoms with Gasteiger partial charge in [0.1, 0.15) is 6.54 Å². The number of rotatable bonds is 9. The van der Waals surface area contributed by atoms with E-state index in [1.54, 1.807) is 0 Å². The highest BCUT2D eigenvalue weighted by molar-refractivity contribution is 6.30. The highest BCUT2D eigenvalue weighted by Crippen LogP contribution is 2.12. The maximum absolute atomic E-state index is 12.0. The molecule has 0 radical (unpaired) electrons. The van der Waals surface area contributed by atoms with Crippen molar-refractivity contribution in [3.8, 4) is 0 Å². The fraction of sp³-hybridized carbons (Fsp3) is 0.467. The van der Waals surface area contributed by atoms with Gasteiger partial charge in [-0.1, -0.05) is 23.7 Å². The highest BCUT2D eigenvalue weighted by Gasteiger charge is 2.15. The summed E-state index contributed by atoms with van der Waals surface area (Å²) in [5.41, 5.74) is 1.11. The number of carbonyl (C=O) groups excluding carboxylic acids is 1. The maximum atomic E-state index is 12.0. The van der Waals surface area contributed by atoms with Crippen molar-refractivity contribution in [2.75, 3.05) is 26.8 Å². The summed E-state index contributed by atoms with van der Waals surface area (Å²) in [5, 5.41) is 9.50. The normalized spacial score (nSPS) is 10.4. The summed E-state index contributed by atoms with van der Waals surface area (Å²) in [5.74, 6) is -1.18. The number of carboxylic acid groups (broad SMARTS) is 1. The van der Waals surface area contributed by atoms with E-state index in [4.69, 9.17) is 21.4 Å². The van der Waals surface area contributed by atoms with E-state index in [0.29, 0.717) is 31.0 Å². The fourth-order valence-electron chi connectivity index (χ4n) is 1.91. The molecule has 1 rings (SSSR count). The van der Waals surface area contributed by atoms with E-state index in [9.17, 15) is 9.59 Å². The third-order valence-corrected chi connectivity index (χ3v) is 3.27. The van der Waals surface area contributed by atoms with Crippen LogP contribution < -0.4 is 0 Å². The average molecular weight is 314 g/mol. The largest absolute Gasteiger partial charge is 0.480 e. The molecule has 0 heterocycles. The second-order valence-corrected chi connectivity index (χ2v) is 5.12. The molecule has 0 bridgehead atoms. The third kappa shape index (κ3) is 7.11. The SMILES string of the molecule is COCCN(CC(=O)O)C(=O)CCCc1ccc(Cl)cc1. The van der Waals surface area contributed by atoms with Crippen LogP contribution in [-0.4, -0.2) is 48.7 Å². The van der Waals surface area contributed by atoms with Gasteiger partial charge in [-0.05, 0) is 30.5 Å². The van der Waals surface area contributed by atoms with Crippen molar-refractivity contribution in [2.45, 2.75) is 19.3 Å². The molecule has 0 saturated heterocycles. The van der Waals surface area contributed by atoms with Crippen molar-refractivity contribution in [1.82, 2.24) is 4.90 Å². The molecule has 0 aliphatic carbocycles. The van der Waals surface area contributed by atoms with E-state index in [1.165, 1.54) is 12.0 Å². The minimum atomic E-state index is -1.02. The molecule has 6 heteroatoms. The zero-order valence-corrected chi connectivity index (χ0v) is 12.8. The lowest BCUT2D eigenvalue weighted by Crippen LogP contribution is -2.37. The predicted molar refractivity (Wildman–Crippen MR) is 80.5 cm³/mol. The summed E-state index contributed by atoms with van der Waals surface area (Å²) in [6.45, 7) is 0.335. The van der Waals surface area contributed by atoms with Crippen LogP contribution >= 0.6 is 11.6 Å². The molecule has 1 aromatic rings. The van der Waals surface area contributed by atoms with Crippen LogP contribution in [0.5, 0.6) is 0 Å². The van der Waals surface area contributed by atoms with Gasteiger partial charge in [-0.3, -0.25) is 9.59 Å². The Kier molecular flexibility index (Phi) is 7.79. The molecule has 1 N–H and O–H groups in total. The third-order valence-electron chi connectivity index (χ3n) is 3.01. The summed E-state index contributed by atoms with van der Waals surface area (Å²) in [6, 6.07) is 7.47. The molecule has 0 fully saturated rings. The number of carboxylic acids is 1. The Morgan fingerprint density at radius 3 is 2.52 bits per heavy atom. The maximum Gasteiger partial charge on any atom is 0.323 e. The lowest BCUT2D eigenvalue weighted by Gasteiger charge is -2.20. The van der Waals surface area contributed by atoms with E-state index in [1.807, 2.05) is 24.3 Å². The first-order chi connectivity index (χ1) is 10.0. The van der Waals surface area contributed by atoms with Crippen LogP contribution in [0.15, 0.2) is 24.3 Å². The van der Waals surface area contributed by atoms with E-state index in [2.05, 4.69) is 0 Å². The molecule has 0 aromatic heterocycles. The smallest absolute Gasteiger partial charge is 0.323 e. The Bertz CT molecular complexity index is 461. The van der Waals surface area contributed by atoms with E-state index in [-0.39, 0.29) is 12.5 Å². The summed E-state index contributed by atoms with van der Waals surface area (Å²) in [4.78, 5) is 24.1.